The third-order valence-electron chi connectivity index (χ3n) is 3.74. The van der Waals surface area contributed by atoms with Crippen molar-refractivity contribution >= 4 is 33.0 Å². The fraction of sp³-hybridized carbons (Fsp3) is 0.222. The lowest BCUT2D eigenvalue weighted by molar-refractivity contribution is -0.145. The van der Waals surface area contributed by atoms with Crippen molar-refractivity contribution in [2.75, 3.05) is 7.11 Å². The van der Waals surface area contributed by atoms with E-state index in [9.17, 15) is 9.59 Å². The molecular formula is C18H16BrNO5. The van der Waals surface area contributed by atoms with Crippen LogP contribution < -0.4 is 10.5 Å². The second kappa shape index (κ2) is 7.57. The Balaban J connectivity index is 1.63. The van der Waals surface area contributed by atoms with Crippen LogP contribution in [0.25, 0.3) is 11.1 Å². The number of oxazole rings is 1. The van der Waals surface area contributed by atoms with Gasteiger partial charge in [-0.15, -0.1) is 0 Å². The molecular weight excluding hydrogens is 390 g/mol. The van der Waals surface area contributed by atoms with Crippen molar-refractivity contribution in [3.05, 3.63) is 63.1 Å². The molecule has 0 aliphatic heterocycles. The van der Waals surface area contributed by atoms with Gasteiger partial charge in [-0.3, -0.25) is 9.36 Å². The number of hydrogen-bond acceptors (Lipinski definition) is 5. The lowest BCUT2D eigenvalue weighted by Gasteiger charge is -2.10. The average molecular weight is 406 g/mol. The van der Waals surface area contributed by atoms with Gasteiger partial charge < -0.3 is 13.9 Å². The highest BCUT2D eigenvalue weighted by Gasteiger charge is 2.12. The quantitative estimate of drug-likeness (QED) is 0.586. The standard InChI is InChI=1S/C18H16BrNO5/c1-23-15-7-6-13(19)10-12(15)11-24-17(21)8-9-20-14-4-2-3-5-16(14)25-18(20)22/h2-7,10H,8-9,11H2,1H3. The van der Waals surface area contributed by atoms with Gasteiger partial charge in [-0.05, 0) is 30.3 Å². The number of ether oxygens (including phenoxy) is 2. The molecule has 0 spiro atoms. The number of rotatable bonds is 6. The Labute approximate surface area is 152 Å². The van der Waals surface area contributed by atoms with Gasteiger partial charge in [0.2, 0.25) is 0 Å². The zero-order valence-electron chi connectivity index (χ0n) is 13.5. The maximum Gasteiger partial charge on any atom is 0.419 e. The van der Waals surface area contributed by atoms with Crippen LogP contribution in [0.2, 0.25) is 0 Å². The molecule has 6 nitrogen and oxygen atoms in total. The van der Waals surface area contributed by atoms with Crippen molar-refractivity contribution in [1.29, 1.82) is 0 Å². The molecule has 3 aromatic rings. The van der Waals surface area contributed by atoms with Gasteiger partial charge >= 0.3 is 11.7 Å². The highest BCUT2D eigenvalue weighted by molar-refractivity contribution is 9.10. The smallest absolute Gasteiger partial charge is 0.419 e. The summed E-state index contributed by atoms with van der Waals surface area (Å²) in [5.41, 5.74) is 1.92. The second-order valence-electron chi connectivity index (χ2n) is 5.35. The van der Waals surface area contributed by atoms with Gasteiger partial charge in [0.05, 0.1) is 19.0 Å². The molecule has 0 N–H and O–H groups in total. The van der Waals surface area contributed by atoms with Crippen molar-refractivity contribution in [3.8, 4) is 5.75 Å². The maximum absolute atomic E-state index is 12.0. The van der Waals surface area contributed by atoms with E-state index in [1.165, 1.54) is 4.57 Å². The fourth-order valence-corrected chi connectivity index (χ4v) is 2.93. The highest BCUT2D eigenvalue weighted by Crippen LogP contribution is 2.23. The molecule has 0 aliphatic carbocycles. The second-order valence-corrected chi connectivity index (χ2v) is 6.27. The summed E-state index contributed by atoms with van der Waals surface area (Å²) < 4.78 is 18.0. The number of fused-ring (bicyclic) bond motifs is 1. The normalized spacial score (nSPS) is 10.8. The first-order chi connectivity index (χ1) is 12.1. The number of para-hydroxylation sites is 2. The molecule has 0 fully saturated rings. The van der Waals surface area contributed by atoms with Gasteiger partial charge in [-0.25, -0.2) is 4.79 Å². The molecule has 130 valence electrons. The molecule has 0 atom stereocenters. The molecule has 0 unspecified atom stereocenters. The van der Waals surface area contributed by atoms with Gasteiger partial charge in [0.1, 0.15) is 12.4 Å². The van der Waals surface area contributed by atoms with E-state index in [0.29, 0.717) is 16.8 Å². The molecule has 25 heavy (non-hydrogen) atoms. The summed E-state index contributed by atoms with van der Waals surface area (Å²) >= 11 is 3.38. The fourth-order valence-electron chi connectivity index (χ4n) is 2.52. The van der Waals surface area contributed by atoms with E-state index in [1.54, 1.807) is 31.4 Å². The molecule has 0 amide bonds. The third kappa shape index (κ3) is 3.93. The Morgan fingerprint density at radius 2 is 2.04 bits per heavy atom. The minimum absolute atomic E-state index is 0.0692. The molecule has 7 heteroatoms. The highest BCUT2D eigenvalue weighted by atomic mass is 79.9. The van der Waals surface area contributed by atoms with Crippen LogP contribution in [0.15, 0.2) is 56.1 Å². The van der Waals surface area contributed by atoms with E-state index in [0.717, 1.165) is 10.0 Å². The number of carbonyl (C=O) groups excluding carboxylic acids is 1. The first kappa shape index (κ1) is 17.3. The molecule has 0 radical (unpaired) electrons. The van der Waals surface area contributed by atoms with Crippen LogP contribution in [0.4, 0.5) is 0 Å². The maximum atomic E-state index is 12.0. The summed E-state index contributed by atoms with van der Waals surface area (Å²) in [5.74, 6) is -0.241. The number of benzene rings is 2. The number of aromatic nitrogens is 1. The van der Waals surface area contributed by atoms with Gasteiger partial charge in [0, 0.05) is 16.6 Å². The predicted octanol–water partition coefficient (Wildman–Crippen LogP) is 3.50. The molecule has 0 saturated carbocycles. The molecule has 0 bridgehead atoms. The van der Waals surface area contributed by atoms with Crippen molar-refractivity contribution < 1.29 is 18.7 Å². The molecule has 0 saturated heterocycles. The summed E-state index contributed by atoms with van der Waals surface area (Å²) in [7, 11) is 1.56. The van der Waals surface area contributed by atoms with Crippen LogP contribution in [-0.2, 0) is 22.7 Å². The Morgan fingerprint density at radius 3 is 2.84 bits per heavy atom. The van der Waals surface area contributed by atoms with Gasteiger partial charge in [-0.2, -0.15) is 0 Å². The molecule has 1 aromatic heterocycles. The van der Waals surface area contributed by atoms with Crippen LogP contribution in [0.3, 0.4) is 0 Å². The van der Waals surface area contributed by atoms with E-state index in [-0.39, 0.29) is 19.6 Å². The van der Waals surface area contributed by atoms with Crippen molar-refractivity contribution in [2.24, 2.45) is 0 Å². The molecule has 0 aliphatic rings. The monoisotopic (exact) mass is 405 g/mol. The lowest BCUT2D eigenvalue weighted by atomic mass is 10.2. The van der Waals surface area contributed by atoms with E-state index in [4.69, 9.17) is 13.9 Å². The number of aryl methyl sites for hydroxylation is 1. The minimum atomic E-state index is -0.484. The summed E-state index contributed by atoms with van der Waals surface area (Å²) in [4.78, 5) is 23.9. The SMILES string of the molecule is COc1ccc(Br)cc1COC(=O)CCn1c(=O)oc2ccccc21. The van der Waals surface area contributed by atoms with Crippen LogP contribution in [0.1, 0.15) is 12.0 Å². The number of carbonyl (C=O) groups is 1. The Bertz CT molecular complexity index is 959. The van der Waals surface area contributed by atoms with Crippen molar-refractivity contribution in [1.82, 2.24) is 4.57 Å². The van der Waals surface area contributed by atoms with Crippen molar-refractivity contribution in [3.63, 3.8) is 0 Å². The molecule has 2 aromatic carbocycles. The zero-order chi connectivity index (χ0) is 17.8. The third-order valence-corrected chi connectivity index (χ3v) is 4.24. The number of hydrogen-bond donors (Lipinski definition) is 0. The number of halogens is 1. The summed E-state index contributed by atoms with van der Waals surface area (Å²) in [5, 5.41) is 0. The minimum Gasteiger partial charge on any atom is -0.496 e. The number of esters is 1. The summed E-state index contributed by atoms with van der Waals surface area (Å²) in [6.07, 6.45) is 0.0692. The van der Waals surface area contributed by atoms with Crippen molar-refractivity contribution in [2.45, 2.75) is 19.6 Å². The first-order valence-electron chi connectivity index (χ1n) is 7.65. The Kier molecular flexibility index (Phi) is 5.23. The predicted molar refractivity (Wildman–Crippen MR) is 95.6 cm³/mol. The Morgan fingerprint density at radius 1 is 1.24 bits per heavy atom. The largest absolute Gasteiger partial charge is 0.496 e. The Hall–Kier alpha value is -2.54. The zero-order valence-corrected chi connectivity index (χ0v) is 15.1. The van der Waals surface area contributed by atoms with Crippen LogP contribution in [0.5, 0.6) is 5.75 Å². The molecule has 1 heterocycles. The summed E-state index contributed by atoms with van der Waals surface area (Å²) in [6.45, 7) is 0.298. The summed E-state index contributed by atoms with van der Waals surface area (Å²) in [6, 6.07) is 12.6. The van der Waals surface area contributed by atoms with Gasteiger partial charge in [0.15, 0.2) is 5.58 Å². The van der Waals surface area contributed by atoms with Gasteiger partial charge in [0.25, 0.3) is 0 Å². The van der Waals surface area contributed by atoms with E-state index < -0.39 is 11.7 Å². The van der Waals surface area contributed by atoms with Crippen LogP contribution in [0, 0.1) is 0 Å². The van der Waals surface area contributed by atoms with Crippen LogP contribution >= 0.6 is 15.9 Å². The van der Waals surface area contributed by atoms with E-state index in [1.807, 2.05) is 18.2 Å². The number of methoxy groups -OCH3 is 1. The molecule has 3 rings (SSSR count). The van der Waals surface area contributed by atoms with E-state index >= 15 is 0 Å². The average Bonchev–Trinajstić information content (AvgIpc) is 2.93. The first-order valence-corrected chi connectivity index (χ1v) is 8.44. The number of nitrogens with zero attached hydrogens (tertiary/aromatic N) is 1. The lowest BCUT2D eigenvalue weighted by Crippen LogP contribution is -2.17. The van der Waals surface area contributed by atoms with Crippen LogP contribution in [-0.4, -0.2) is 17.6 Å². The van der Waals surface area contributed by atoms with E-state index in [2.05, 4.69) is 15.9 Å². The topological polar surface area (TPSA) is 70.7 Å². The van der Waals surface area contributed by atoms with Gasteiger partial charge in [-0.1, -0.05) is 28.1 Å².